The van der Waals surface area contributed by atoms with Crippen molar-refractivity contribution in [3.8, 4) is 11.3 Å². The molecule has 2 aromatic carbocycles. The zero-order valence-corrected chi connectivity index (χ0v) is 14.0. The number of halogens is 3. The van der Waals surface area contributed by atoms with Crippen molar-refractivity contribution in [3.63, 3.8) is 0 Å². The number of hydrogen-bond donors (Lipinski definition) is 1. The Morgan fingerprint density at radius 3 is 2.78 bits per heavy atom. The number of thiazole rings is 1. The van der Waals surface area contributed by atoms with Crippen molar-refractivity contribution in [3.05, 3.63) is 69.3 Å². The second-order valence-electron chi connectivity index (χ2n) is 4.55. The van der Waals surface area contributed by atoms with Gasteiger partial charge in [0.1, 0.15) is 5.82 Å². The summed E-state index contributed by atoms with van der Waals surface area (Å²) in [6.45, 7) is 0. The molecule has 0 atom stereocenters. The summed E-state index contributed by atoms with van der Waals surface area (Å²) in [6.07, 6.45) is 1.41. The molecule has 7 heteroatoms. The van der Waals surface area contributed by atoms with Crippen molar-refractivity contribution in [2.24, 2.45) is 5.10 Å². The minimum Gasteiger partial charge on any atom is -0.253 e. The number of nitrogens with zero attached hydrogens (tertiary/aromatic N) is 2. The highest BCUT2D eigenvalue weighted by atomic mass is 35.5. The van der Waals surface area contributed by atoms with Crippen LogP contribution in [0.5, 0.6) is 0 Å². The summed E-state index contributed by atoms with van der Waals surface area (Å²) in [4.78, 5) is 4.40. The molecule has 0 aliphatic heterocycles. The molecule has 0 spiro atoms. The number of benzene rings is 2. The minimum atomic E-state index is -0.328. The summed E-state index contributed by atoms with van der Waals surface area (Å²) in [7, 11) is 0. The fourth-order valence-corrected chi connectivity index (χ4v) is 3.05. The van der Waals surface area contributed by atoms with Gasteiger partial charge in [0.2, 0.25) is 5.13 Å². The van der Waals surface area contributed by atoms with E-state index in [9.17, 15) is 4.39 Å². The van der Waals surface area contributed by atoms with Gasteiger partial charge in [0.05, 0.1) is 16.9 Å². The molecule has 0 amide bonds. The van der Waals surface area contributed by atoms with Gasteiger partial charge in [0.15, 0.2) is 0 Å². The van der Waals surface area contributed by atoms with Gasteiger partial charge in [-0.15, -0.1) is 11.3 Å². The highest BCUT2D eigenvalue weighted by Crippen LogP contribution is 2.32. The zero-order chi connectivity index (χ0) is 16.2. The predicted molar refractivity (Wildman–Crippen MR) is 95.2 cm³/mol. The maximum Gasteiger partial charge on any atom is 0.203 e. The number of anilines is 1. The van der Waals surface area contributed by atoms with Crippen LogP contribution in [0, 0.1) is 5.82 Å². The van der Waals surface area contributed by atoms with Crippen LogP contribution in [0.3, 0.4) is 0 Å². The van der Waals surface area contributed by atoms with Gasteiger partial charge in [-0.2, -0.15) is 5.10 Å². The fourth-order valence-electron chi connectivity index (χ4n) is 1.88. The standard InChI is InChI=1S/C16H10Cl2FN3S/c17-11-5-6-12(13(18)7-11)15-9-23-16(21-15)22-20-8-10-3-1-2-4-14(10)19/h1-9H,(H,21,22). The molecule has 1 aromatic heterocycles. The molecule has 0 fully saturated rings. The molecule has 3 nitrogen and oxygen atoms in total. The normalized spacial score (nSPS) is 11.1. The van der Waals surface area contributed by atoms with Gasteiger partial charge >= 0.3 is 0 Å². The van der Waals surface area contributed by atoms with E-state index in [-0.39, 0.29) is 5.82 Å². The fraction of sp³-hybridized carbons (Fsp3) is 0. The number of hydrazone groups is 1. The monoisotopic (exact) mass is 365 g/mol. The molecule has 1 N–H and O–H groups in total. The van der Waals surface area contributed by atoms with Crippen molar-refractivity contribution < 1.29 is 4.39 Å². The molecule has 0 saturated carbocycles. The molecule has 23 heavy (non-hydrogen) atoms. The van der Waals surface area contributed by atoms with Crippen LogP contribution in [-0.2, 0) is 0 Å². The van der Waals surface area contributed by atoms with E-state index in [1.807, 2.05) is 11.4 Å². The van der Waals surface area contributed by atoms with Crippen LogP contribution >= 0.6 is 34.5 Å². The molecule has 0 aliphatic rings. The molecule has 116 valence electrons. The SMILES string of the molecule is Fc1ccccc1C=NNc1nc(-c2ccc(Cl)cc2Cl)cs1. The summed E-state index contributed by atoms with van der Waals surface area (Å²) >= 11 is 13.4. The Morgan fingerprint density at radius 2 is 2.00 bits per heavy atom. The van der Waals surface area contributed by atoms with Crippen molar-refractivity contribution in [1.82, 2.24) is 4.98 Å². The molecule has 0 unspecified atom stereocenters. The van der Waals surface area contributed by atoms with E-state index >= 15 is 0 Å². The zero-order valence-electron chi connectivity index (χ0n) is 11.6. The van der Waals surface area contributed by atoms with Gasteiger partial charge in [0.25, 0.3) is 0 Å². The van der Waals surface area contributed by atoms with Gasteiger partial charge in [0, 0.05) is 21.5 Å². The second kappa shape index (κ2) is 7.08. The Balaban J connectivity index is 1.74. The molecule has 0 radical (unpaired) electrons. The van der Waals surface area contributed by atoms with Crippen LogP contribution in [0.15, 0.2) is 52.9 Å². The van der Waals surface area contributed by atoms with Crippen LogP contribution in [0.1, 0.15) is 5.56 Å². The first kappa shape index (κ1) is 15.9. The van der Waals surface area contributed by atoms with Gasteiger partial charge in [-0.25, -0.2) is 9.37 Å². The van der Waals surface area contributed by atoms with Crippen LogP contribution in [-0.4, -0.2) is 11.2 Å². The Morgan fingerprint density at radius 1 is 1.17 bits per heavy atom. The molecular weight excluding hydrogens is 356 g/mol. The van der Waals surface area contributed by atoms with E-state index < -0.39 is 0 Å². The number of nitrogens with one attached hydrogen (secondary N) is 1. The predicted octanol–water partition coefficient (Wildman–Crippen LogP) is 5.70. The van der Waals surface area contributed by atoms with E-state index in [1.165, 1.54) is 23.6 Å². The Labute approximate surface area is 146 Å². The third-order valence-electron chi connectivity index (χ3n) is 2.98. The molecular formula is C16H10Cl2FN3S. The first-order valence-corrected chi connectivity index (χ1v) is 8.21. The van der Waals surface area contributed by atoms with E-state index in [0.717, 1.165) is 11.3 Å². The lowest BCUT2D eigenvalue weighted by molar-refractivity contribution is 0.626. The van der Waals surface area contributed by atoms with Gasteiger partial charge in [-0.05, 0) is 24.3 Å². The molecule has 1 heterocycles. The lowest BCUT2D eigenvalue weighted by Gasteiger charge is -2.00. The van der Waals surface area contributed by atoms with Crippen LogP contribution in [0.2, 0.25) is 10.0 Å². The Hall–Kier alpha value is -1.95. The quantitative estimate of drug-likeness (QED) is 0.475. The highest BCUT2D eigenvalue weighted by Gasteiger charge is 2.08. The third kappa shape index (κ3) is 3.88. The van der Waals surface area contributed by atoms with E-state index in [4.69, 9.17) is 23.2 Å². The minimum absolute atomic E-state index is 0.328. The largest absolute Gasteiger partial charge is 0.253 e. The molecule has 3 aromatic rings. The average molecular weight is 366 g/mol. The van der Waals surface area contributed by atoms with Gasteiger partial charge < -0.3 is 0 Å². The number of rotatable bonds is 4. The van der Waals surface area contributed by atoms with Gasteiger partial charge in [-0.3, -0.25) is 5.43 Å². The maximum absolute atomic E-state index is 13.5. The molecule has 0 bridgehead atoms. The highest BCUT2D eigenvalue weighted by molar-refractivity contribution is 7.14. The van der Waals surface area contributed by atoms with Gasteiger partial charge in [-0.1, -0.05) is 41.4 Å². The summed E-state index contributed by atoms with van der Waals surface area (Å²) in [5, 5.41) is 7.54. The Kier molecular flexibility index (Phi) is 4.91. The molecule has 0 aliphatic carbocycles. The molecule has 0 saturated heterocycles. The van der Waals surface area contributed by atoms with Crippen LogP contribution < -0.4 is 5.43 Å². The number of hydrogen-bond acceptors (Lipinski definition) is 4. The van der Waals surface area contributed by atoms with Crippen molar-refractivity contribution in [2.45, 2.75) is 0 Å². The van der Waals surface area contributed by atoms with E-state index in [2.05, 4.69) is 15.5 Å². The van der Waals surface area contributed by atoms with Crippen molar-refractivity contribution in [2.75, 3.05) is 5.43 Å². The summed E-state index contributed by atoms with van der Waals surface area (Å²) < 4.78 is 13.5. The maximum atomic E-state index is 13.5. The topological polar surface area (TPSA) is 37.3 Å². The summed E-state index contributed by atoms with van der Waals surface area (Å²) in [5.74, 6) is -0.328. The van der Waals surface area contributed by atoms with Crippen molar-refractivity contribution in [1.29, 1.82) is 0 Å². The van der Waals surface area contributed by atoms with E-state index in [1.54, 1.807) is 30.3 Å². The smallest absolute Gasteiger partial charge is 0.203 e. The second-order valence-corrected chi connectivity index (χ2v) is 6.26. The lowest BCUT2D eigenvalue weighted by Crippen LogP contribution is -1.92. The average Bonchev–Trinajstić information content (AvgIpc) is 2.98. The summed E-state index contributed by atoms with van der Waals surface area (Å²) in [6, 6.07) is 11.6. The Bertz CT molecular complexity index is 864. The lowest BCUT2D eigenvalue weighted by atomic mass is 10.2. The van der Waals surface area contributed by atoms with Crippen LogP contribution in [0.4, 0.5) is 9.52 Å². The molecule has 3 rings (SSSR count). The summed E-state index contributed by atoms with van der Waals surface area (Å²) in [5.41, 5.74) is 4.70. The van der Waals surface area contributed by atoms with E-state index in [0.29, 0.717) is 20.7 Å². The first-order valence-electron chi connectivity index (χ1n) is 6.58. The van der Waals surface area contributed by atoms with Crippen LogP contribution in [0.25, 0.3) is 11.3 Å². The third-order valence-corrected chi connectivity index (χ3v) is 4.28. The first-order chi connectivity index (χ1) is 11.1. The van der Waals surface area contributed by atoms with Crippen molar-refractivity contribution >= 4 is 45.9 Å². The number of aromatic nitrogens is 1.